The van der Waals surface area contributed by atoms with E-state index in [4.69, 9.17) is 20.9 Å². The van der Waals surface area contributed by atoms with E-state index in [9.17, 15) is 9.59 Å². The molecule has 8 heteroatoms. The molecular formula is C16H18ClN3O4. The van der Waals surface area contributed by atoms with E-state index in [-0.39, 0.29) is 11.6 Å². The van der Waals surface area contributed by atoms with Crippen LogP contribution in [0.15, 0.2) is 22.9 Å². The summed E-state index contributed by atoms with van der Waals surface area (Å²) in [7, 11) is 0. The lowest BCUT2D eigenvalue weighted by atomic mass is 10.1. The second kappa shape index (κ2) is 7.92. The van der Waals surface area contributed by atoms with Crippen molar-refractivity contribution in [2.24, 2.45) is 0 Å². The highest BCUT2D eigenvalue weighted by molar-refractivity contribution is 6.32. The number of carbonyl (C=O) groups excluding carboxylic acids is 2. The van der Waals surface area contributed by atoms with Crippen molar-refractivity contribution in [2.45, 2.75) is 39.7 Å². The van der Waals surface area contributed by atoms with E-state index in [1.807, 2.05) is 6.92 Å². The van der Waals surface area contributed by atoms with Crippen molar-refractivity contribution in [3.05, 3.63) is 40.5 Å². The molecule has 2 aromatic rings. The van der Waals surface area contributed by atoms with Gasteiger partial charge in [-0.25, -0.2) is 4.98 Å². The van der Waals surface area contributed by atoms with Gasteiger partial charge in [0, 0.05) is 18.2 Å². The van der Waals surface area contributed by atoms with Crippen LogP contribution < -0.4 is 5.32 Å². The standard InChI is InChI=1S/C16H18ClN3O4/c1-9-12(10(2)24-20-9)6-7-14(21)23-11(3)16(22)19-13-5-4-8-18-15(13)17/h4-5,8,11H,6-7H2,1-3H3,(H,19,22)/t11-/m0/s1. The molecule has 1 N–H and O–H groups in total. The second-order valence-electron chi connectivity index (χ2n) is 5.27. The fourth-order valence-corrected chi connectivity index (χ4v) is 2.28. The maximum absolute atomic E-state index is 12.0. The molecule has 0 fully saturated rings. The maximum atomic E-state index is 12.0. The van der Waals surface area contributed by atoms with E-state index in [0.29, 0.717) is 17.9 Å². The number of esters is 1. The van der Waals surface area contributed by atoms with E-state index in [1.165, 1.54) is 13.1 Å². The summed E-state index contributed by atoms with van der Waals surface area (Å²) in [5.41, 5.74) is 1.99. The summed E-state index contributed by atoms with van der Waals surface area (Å²) in [5.74, 6) is -0.275. The average Bonchev–Trinajstić information content (AvgIpc) is 2.86. The topological polar surface area (TPSA) is 94.3 Å². The quantitative estimate of drug-likeness (QED) is 0.635. The number of halogens is 1. The van der Waals surface area contributed by atoms with Crippen molar-refractivity contribution in [3.63, 3.8) is 0 Å². The molecule has 0 saturated heterocycles. The molecule has 2 heterocycles. The fraction of sp³-hybridized carbons (Fsp3) is 0.375. The first-order valence-electron chi connectivity index (χ1n) is 7.41. The Morgan fingerprint density at radius 2 is 2.17 bits per heavy atom. The molecule has 2 aromatic heterocycles. The smallest absolute Gasteiger partial charge is 0.306 e. The minimum atomic E-state index is -0.946. The molecule has 7 nitrogen and oxygen atoms in total. The minimum absolute atomic E-state index is 0.133. The Labute approximate surface area is 144 Å². The molecule has 0 aliphatic carbocycles. The lowest BCUT2D eigenvalue weighted by molar-refractivity contribution is -0.153. The highest BCUT2D eigenvalue weighted by Crippen LogP contribution is 2.18. The molecule has 0 bridgehead atoms. The molecule has 128 valence electrons. The number of carbonyl (C=O) groups is 2. The average molecular weight is 352 g/mol. The van der Waals surface area contributed by atoms with Crippen LogP contribution in [-0.4, -0.2) is 28.1 Å². The summed E-state index contributed by atoms with van der Waals surface area (Å²) in [6, 6.07) is 3.25. The highest BCUT2D eigenvalue weighted by atomic mass is 35.5. The number of nitrogens with zero attached hydrogens (tertiary/aromatic N) is 2. The van der Waals surface area contributed by atoms with Gasteiger partial charge in [0.1, 0.15) is 5.76 Å². The fourth-order valence-electron chi connectivity index (χ4n) is 2.11. The predicted octanol–water partition coefficient (Wildman–Crippen LogP) is 2.84. The SMILES string of the molecule is Cc1noc(C)c1CCC(=O)O[C@@H](C)C(=O)Nc1cccnc1Cl. The molecule has 0 aliphatic rings. The molecule has 0 radical (unpaired) electrons. The van der Waals surface area contributed by atoms with Crippen LogP contribution in [0, 0.1) is 13.8 Å². The van der Waals surface area contributed by atoms with Crippen molar-refractivity contribution >= 4 is 29.2 Å². The Balaban J connectivity index is 1.85. The van der Waals surface area contributed by atoms with Crippen molar-refractivity contribution in [2.75, 3.05) is 5.32 Å². The Kier molecular flexibility index (Phi) is 5.92. The van der Waals surface area contributed by atoms with Gasteiger partial charge in [-0.1, -0.05) is 16.8 Å². The van der Waals surface area contributed by atoms with E-state index in [1.54, 1.807) is 19.1 Å². The summed E-state index contributed by atoms with van der Waals surface area (Å²) in [6.45, 7) is 5.09. The van der Waals surface area contributed by atoms with E-state index >= 15 is 0 Å². The van der Waals surface area contributed by atoms with Crippen LogP contribution in [0.4, 0.5) is 5.69 Å². The normalized spacial score (nSPS) is 11.8. The third kappa shape index (κ3) is 4.55. The summed E-state index contributed by atoms with van der Waals surface area (Å²) in [5, 5.41) is 6.57. The Bertz CT molecular complexity index is 725. The third-order valence-electron chi connectivity index (χ3n) is 3.45. The third-order valence-corrected chi connectivity index (χ3v) is 3.76. The Morgan fingerprint density at radius 3 is 2.79 bits per heavy atom. The van der Waals surface area contributed by atoms with Gasteiger partial charge in [0.15, 0.2) is 11.3 Å². The number of aromatic nitrogens is 2. The van der Waals surface area contributed by atoms with Crippen LogP contribution in [0.3, 0.4) is 0 Å². The molecular weight excluding hydrogens is 334 g/mol. The van der Waals surface area contributed by atoms with Crippen molar-refractivity contribution < 1.29 is 18.8 Å². The number of hydrogen-bond donors (Lipinski definition) is 1. The van der Waals surface area contributed by atoms with Gasteiger partial charge in [-0.2, -0.15) is 0 Å². The van der Waals surface area contributed by atoms with Gasteiger partial charge in [-0.05, 0) is 39.3 Å². The zero-order chi connectivity index (χ0) is 17.7. The van der Waals surface area contributed by atoms with Crippen LogP contribution in [0.2, 0.25) is 5.15 Å². The van der Waals surface area contributed by atoms with Gasteiger partial charge in [-0.15, -0.1) is 0 Å². The summed E-state index contributed by atoms with van der Waals surface area (Å²) in [4.78, 5) is 27.8. The number of aryl methyl sites for hydroxylation is 2. The van der Waals surface area contributed by atoms with Gasteiger partial charge in [-0.3, -0.25) is 9.59 Å². The monoisotopic (exact) mass is 351 g/mol. The van der Waals surface area contributed by atoms with Gasteiger partial charge in [0.05, 0.1) is 11.4 Å². The van der Waals surface area contributed by atoms with Crippen molar-refractivity contribution in [1.82, 2.24) is 10.1 Å². The molecule has 0 aromatic carbocycles. The minimum Gasteiger partial charge on any atom is -0.453 e. The maximum Gasteiger partial charge on any atom is 0.306 e. The Morgan fingerprint density at radius 1 is 1.42 bits per heavy atom. The number of ether oxygens (including phenoxy) is 1. The molecule has 1 amide bonds. The molecule has 0 unspecified atom stereocenters. The van der Waals surface area contributed by atoms with Crippen LogP contribution in [0.5, 0.6) is 0 Å². The number of anilines is 1. The Hall–Kier alpha value is -2.41. The van der Waals surface area contributed by atoms with Crippen LogP contribution >= 0.6 is 11.6 Å². The van der Waals surface area contributed by atoms with Crippen LogP contribution in [0.1, 0.15) is 30.4 Å². The zero-order valence-corrected chi connectivity index (χ0v) is 14.4. The molecule has 24 heavy (non-hydrogen) atoms. The number of hydrogen-bond acceptors (Lipinski definition) is 6. The van der Waals surface area contributed by atoms with Crippen molar-refractivity contribution in [3.8, 4) is 0 Å². The second-order valence-corrected chi connectivity index (χ2v) is 5.62. The van der Waals surface area contributed by atoms with E-state index in [2.05, 4.69) is 15.5 Å². The van der Waals surface area contributed by atoms with Gasteiger partial charge in [0.25, 0.3) is 5.91 Å². The van der Waals surface area contributed by atoms with E-state index in [0.717, 1.165) is 11.3 Å². The summed E-state index contributed by atoms with van der Waals surface area (Å²) in [6.07, 6.45) is 1.14. The number of pyridine rings is 1. The summed E-state index contributed by atoms with van der Waals surface area (Å²) < 4.78 is 10.2. The van der Waals surface area contributed by atoms with Crippen molar-refractivity contribution in [1.29, 1.82) is 0 Å². The number of rotatable bonds is 6. The van der Waals surface area contributed by atoms with Gasteiger partial charge in [0.2, 0.25) is 0 Å². The first-order chi connectivity index (χ1) is 11.4. The molecule has 1 atom stereocenters. The lowest BCUT2D eigenvalue weighted by Crippen LogP contribution is -2.30. The number of nitrogens with one attached hydrogen (secondary N) is 1. The van der Waals surface area contributed by atoms with Crippen LogP contribution in [0.25, 0.3) is 0 Å². The molecule has 0 aliphatic heterocycles. The summed E-state index contributed by atoms with van der Waals surface area (Å²) >= 11 is 5.87. The number of amides is 1. The lowest BCUT2D eigenvalue weighted by Gasteiger charge is -2.13. The first kappa shape index (κ1) is 17.9. The first-order valence-corrected chi connectivity index (χ1v) is 7.79. The zero-order valence-electron chi connectivity index (χ0n) is 13.6. The molecule has 0 saturated carbocycles. The molecule has 0 spiro atoms. The van der Waals surface area contributed by atoms with Gasteiger partial charge < -0.3 is 14.6 Å². The highest BCUT2D eigenvalue weighted by Gasteiger charge is 2.20. The molecule has 2 rings (SSSR count). The predicted molar refractivity (Wildman–Crippen MR) is 87.7 cm³/mol. The van der Waals surface area contributed by atoms with Gasteiger partial charge >= 0.3 is 5.97 Å². The van der Waals surface area contributed by atoms with E-state index < -0.39 is 18.0 Å². The van der Waals surface area contributed by atoms with Crippen LogP contribution in [-0.2, 0) is 20.7 Å². The largest absolute Gasteiger partial charge is 0.453 e.